The van der Waals surface area contributed by atoms with Crippen LogP contribution in [0.25, 0.3) is 0 Å². The maximum Gasteiger partial charge on any atom is 0.283 e. The van der Waals surface area contributed by atoms with Crippen LogP contribution in [0.2, 0.25) is 0 Å². The van der Waals surface area contributed by atoms with Gasteiger partial charge in [-0.25, -0.2) is 4.90 Å². The lowest BCUT2D eigenvalue weighted by atomic mass is 10.1. The van der Waals surface area contributed by atoms with Gasteiger partial charge in [0.2, 0.25) is 0 Å². The zero-order valence-corrected chi connectivity index (χ0v) is 14.8. The number of benzene rings is 2. The Balaban J connectivity index is 1.92. The summed E-state index contributed by atoms with van der Waals surface area (Å²) in [6, 6.07) is 12.4. The van der Waals surface area contributed by atoms with Crippen LogP contribution in [0.3, 0.4) is 0 Å². The second kappa shape index (κ2) is 6.61. The molecule has 6 heteroatoms. The molecule has 2 amide bonds. The lowest BCUT2D eigenvalue weighted by Crippen LogP contribution is -2.32. The number of nitrogens with zero attached hydrogens (tertiary/aromatic N) is 1. The minimum Gasteiger partial charge on any atom is -0.497 e. The Kier molecular flexibility index (Phi) is 4.51. The first kappa shape index (κ1) is 17.0. The Hall–Kier alpha value is -2.79. The molecule has 0 atom stereocenters. The Bertz CT molecular complexity index is 905. The van der Waals surface area contributed by atoms with Gasteiger partial charge in [0.15, 0.2) is 0 Å². The maximum absolute atomic E-state index is 12.8. The number of rotatable bonds is 4. The Morgan fingerprint density at radius 1 is 1.00 bits per heavy atom. The number of carbonyl (C=O) groups is 2. The summed E-state index contributed by atoms with van der Waals surface area (Å²) in [5, 5.41) is 2.79. The first-order valence-electron chi connectivity index (χ1n) is 7.69. The molecule has 2 aromatic rings. The van der Waals surface area contributed by atoms with Gasteiger partial charge in [0, 0.05) is 11.8 Å². The van der Waals surface area contributed by atoms with Crippen molar-refractivity contribution in [1.82, 2.24) is 0 Å². The van der Waals surface area contributed by atoms with Gasteiger partial charge < -0.3 is 10.1 Å². The highest BCUT2D eigenvalue weighted by molar-refractivity contribution is 6.53. The molecule has 5 nitrogen and oxygen atoms in total. The van der Waals surface area contributed by atoms with E-state index in [9.17, 15) is 9.59 Å². The molecule has 0 aliphatic carbocycles. The van der Waals surface area contributed by atoms with Gasteiger partial charge in [0.1, 0.15) is 16.5 Å². The molecule has 0 saturated heterocycles. The quantitative estimate of drug-likeness (QED) is 0.848. The predicted molar refractivity (Wildman–Crippen MR) is 97.9 cm³/mol. The smallest absolute Gasteiger partial charge is 0.283 e. The summed E-state index contributed by atoms with van der Waals surface area (Å²) in [4.78, 5) is 26.3. The van der Waals surface area contributed by atoms with Crippen molar-refractivity contribution in [3.05, 3.63) is 64.3 Å². The van der Waals surface area contributed by atoms with Crippen molar-refractivity contribution in [2.75, 3.05) is 17.3 Å². The van der Waals surface area contributed by atoms with Crippen LogP contribution in [0.5, 0.6) is 5.75 Å². The number of amides is 2. The van der Waals surface area contributed by atoms with Gasteiger partial charge in [-0.15, -0.1) is 0 Å². The number of hydrogen-bond acceptors (Lipinski definition) is 4. The van der Waals surface area contributed by atoms with Crippen molar-refractivity contribution < 1.29 is 14.3 Å². The number of ether oxygens (including phenoxy) is 1. The molecule has 0 spiro atoms. The van der Waals surface area contributed by atoms with E-state index in [1.54, 1.807) is 43.5 Å². The van der Waals surface area contributed by atoms with Crippen LogP contribution in [0, 0.1) is 13.8 Å². The highest BCUT2D eigenvalue weighted by atomic mass is 35.5. The molecule has 1 aliphatic rings. The highest BCUT2D eigenvalue weighted by Gasteiger charge is 2.39. The molecular weight excluding hydrogens is 340 g/mol. The third-order valence-electron chi connectivity index (χ3n) is 4.12. The SMILES string of the molecule is COc1cccc(NC2=C(Cl)C(=O)N(c3ccc(C)c(C)c3)C2=O)c1. The molecule has 0 aromatic heterocycles. The average molecular weight is 357 g/mol. The van der Waals surface area contributed by atoms with Gasteiger partial charge in [0.05, 0.1) is 12.8 Å². The van der Waals surface area contributed by atoms with Crippen molar-refractivity contribution in [2.24, 2.45) is 0 Å². The molecule has 0 unspecified atom stereocenters. The number of anilines is 2. The molecule has 0 bridgehead atoms. The molecule has 1 heterocycles. The van der Waals surface area contributed by atoms with Crippen LogP contribution in [0.1, 0.15) is 11.1 Å². The fraction of sp³-hybridized carbons (Fsp3) is 0.158. The normalized spacial score (nSPS) is 14.3. The number of methoxy groups -OCH3 is 1. The summed E-state index contributed by atoms with van der Waals surface area (Å²) < 4.78 is 5.16. The van der Waals surface area contributed by atoms with E-state index in [1.165, 1.54) is 0 Å². The highest BCUT2D eigenvalue weighted by Crippen LogP contribution is 2.31. The Morgan fingerprint density at radius 3 is 2.44 bits per heavy atom. The van der Waals surface area contributed by atoms with Crippen LogP contribution in [0.15, 0.2) is 53.2 Å². The number of imide groups is 1. The van der Waals surface area contributed by atoms with Crippen molar-refractivity contribution >= 4 is 34.8 Å². The van der Waals surface area contributed by atoms with Crippen molar-refractivity contribution in [3.8, 4) is 5.75 Å². The third kappa shape index (κ3) is 3.10. The van der Waals surface area contributed by atoms with Gasteiger partial charge >= 0.3 is 0 Å². The Morgan fingerprint density at radius 2 is 1.76 bits per heavy atom. The molecule has 2 aromatic carbocycles. The maximum atomic E-state index is 12.8. The van der Waals surface area contributed by atoms with Crippen LogP contribution in [-0.4, -0.2) is 18.9 Å². The fourth-order valence-electron chi connectivity index (χ4n) is 2.56. The van der Waals surface area contributed by atoms with Gasteiger partial charge in [-0.3, -0.25) is 9.59 Å². The summed E-state index contributed by atoms with van der Waals surface area (Å²) in [5.41, 5.74) is 3.23. The van der Waals surface area contributed by atoms with E-state index in [1.807, 2.05) is 19.9 Å². The van der Waals surface area contributed by atoms with E-state index in [4.69, 9.17) is 16.3 Å². The van der Waals surface area contributed by atoms with Crippen LogP contribution in [-0.2, 0) is 9.59 Å². The fourth-order valence-corrected chi connectivity index (χ4v) is 2.77. The van der Waals surface area contributed by atoms with E-state index in [0.29, 0.717) is 17.1 Å². The average Bonchev–Trinajstić information content (AvgIpc) is 2.81. The summed E-state index contributed by atoms with van der Waals surface area (Å²) in [7, 11) is 1.55. The van der Waals surface area contributed by atoms with E-state index in [0.717, 1.165) is 16.0 Å². The Labute approximate surface area is 150 Å². The molecule has 0 saturated carbocycles. The van der Waals surface area contributed by atoms with E-state index in [-0.39, 0.29) is 10.7 Å². The number of carbonyl (C=O) groups excluding carboxylic acids is 2. The van der Waals surface area contributed by atoms with Gasteiger partial charge in [-0.2, -0.15) is 0 Å². The largest absolute Gasteiger partial charge is 0.497 e. The molecule has 1 N–H and O–H groups in total. The lowest BCUT2D eigenvalue weighted by Gasteiger charge is -2.16. The topological polar surface area (TPSA) is 58.6 Å². The summed E-state index contributed by atoms with van der Waals surface area (Å²) in [5.74, 6) is -0.397. The van der Waals surface area contributed by atoms with Crippen molar-refractivity contribution in [3.63, 3.8) is 0 Å². The van der Waals surface area contributed by atoms with E-state index < -0.39 is 11.8 Å². The number of hydrogen-bond donors (Lipinski definition) is 1. The monoisotopic (exact) mass is 356 g/mol. The first-order valence-corrected chi connectivity index (χ1v) is 8.07. The number of halogens is 1. The number of aryl methyl sites for hydroxylation is 2. The van der Waals surface area contributed by atoms with E-state index >= 15 is 0 Å². The molecule has 128 valence electrons. The van der Waals surface area contributed by atoms with Crippen molar-refractivity contribution in [2.45, 2.75) is 13.8 Å². The second-order valence-electron chi connectivity index (χ2n) is 5.76. The minimum absolute atomic E-state index is 0.0538. The predicted octanol–water partition coefficient (Wildman–Crippen LogP) is 3.75. The molecule has 0 radical (unpaired) electrons. The molecule has 3 rings (SSSR count). The molecular formula is C19H17ClN2O3. The first-order chi connectivity index (χ1) is 11.9. The van der Waals surface area contributed by atoms with Gasteiger partial charge in [-0.05, 0) is 49.2 Å². The molecule has 25 heavy (non-hydrogen) atoms. The summed E-state index contributed by atoms with van der Waals surface area (Å²) in [6.07, 6.45) is 0. The van der Waals surface area contributed by atoms with Crippen LogP contribution in [0.4, 0.5) is 11.4 Å². The third-order valence-corrected chi connectivity index (χ3v) is 4.47. The summed E-state index contributed by atoms with van der Waals surface area (Å²) >= 11 is 6.14. The lowest BCUT2D eigenvalue weighted by molar-refractivity contribution is -0.120. The molecule has 0 fully saturated rings. The van der Waals surface area contributed by atoms with Crippen LogP contribution < -0.4 is 15.0 Å². The van der Waals surface area contributed by atoms with Crippen molar-refractivity contribution in [1.29, 1.82) is 0 Å². The number of nitrogens with one attached hydrogen (secondary N) is 1. The van der Waals surface area contributed by atoms with Gasteiger partial charge in [0.25, 0.3) is 11.8 Å². The van der Waals surface area contributed by atoms with Crippen LogP contribution >= 0.6 is 11.6 Å². The second-order valence-corrected chi connectivity index (χ2v) is 6.14. The minimum atomic E-state index is -0.541. The zero-order chi connectivity index (χ0) is 18.1. The summed E-state index contributed by atoms with van der Waals surface area (Å²) in [6.45, 7) is 3.89. The standard InChI is InChI=1S/C19H17ClN2O3/c1-11-7-8-14(9-12(11)2)22-18(23)16(20)17(19(22)24)21-13-5-4-6-15(10-13)25-3/h4-10,21H,1-3H3. The zero-order valence-electron chi connectivity index (χ0n) is 14.1. The van der Waals surface area contributed by atoms with E-state index in [2.05, 4.69) is 5.32 Å². The molecule has 1 aliphatic heterocycles. The van der Waals surface area contributed by atoms with Gasteiger partial charge in [-0.1, -0.05) is 23.7 Å².